The van der Waals surface area contributed by atoms with E-state index in [1.165, 1.54) is 50.8 Å². The summed E-state index contributed by atoms with van der Waals surface area (Å²) in [6.45, 7) is 3.59. The molecule has 1 saturated carbocycles. The van der Waals surface area contributed by atoms with Gasteiger partial charge in [0.25, 0.3) is 0 Å². The first-order chi connectivity index (χ1) is 12.1. The topological polar surface area (TPSA) is 19.4 Å². The minimum Gasteiger partial charge on any atom is -0.299 e. The van der Waals surface area contributed by atoms with Crippen LogP contribution < -0.4 is 0 Å². The minimum atomic E-state index is 0.262. The van der Waals surface area contributed by atoms with Crippen molar-refractivity contribution in [3.05, 3.63) is 52.5 Å². The average molecular weight is 356 g/mol. The van der Waals surface area contributed by atoms with E-state index in [1.54, 1.807) is 4.88 Å². The molecule has 2 aliphatic rings. The number of nitrogens with zero attached hydrogens (tertiary/aromatic N) is 3. The Bertz CT molecular complexity index is 672. The Kier molecular flexibility index (Phi) is 4.69. The third-order valence-corrected chi connectivity index (χ3v) is 7.71. The second-order valence-electron chi connectivity index (χ2n) is 8.22. The molecular weight excluding hydrogens is 326 g/mol. The summed E-state index contributed by atoms with van der Waals surface area (Å²) in [5, 5.41) is 2.23. The molecule has 1 aliphatic heterocycles. The molecule has 1 aliphatic carbocycles. The van der Waals surface area contributed by atoms with Crippen LogP contribution in [-0.4, -0.2) is 42.0 Å². The number of pyridine rings is 1. The fourth-order valence-electron chi connectivity index (χ4n) is 4.97. The van der Waals surface area contributed by atoms with Crippen molar-refractivity contribution in [1.82, 2.24) is 14.8 Å². The molecule has 3 heterocycles. The molecule has 0 atom stereocenters. The van der Waals surface area contributed by atoms with Crippen molar-refractivity contribution in [2.45, 2.75) is 44.2 Å². The van der Waals surface area contributed by atoms with E-state index in [4.69, 9.17) is 0 Å². The molecule has 0 radical (unpaired) electrons. The van der Waals surface area contributed by atoms with Gasteiger partial charge in [-0.05, 0) is 87.3 Å². The summed E-state index contributed by atoms with van der Waals surface area (Å²) < 4.78 is 0. The highest BCUT2D eigenvalue weighted by Crippen LogP contribution is 2.52. The smallest absolute Gasteiger partial charge is 0.0549 e. The number of rotatable bonds is 4. The van der Waals surface area contributed by atoms with Gasteiger partial charge in [-0.3, -0.25) is 14.8 Å². The zero-order valence-electron chi connectivity index (χ0n) is 15.4. The van der Waals surface area contributed by atoms with Crippen LogP contribution in [0.15, 0.2) is 42.0 Å². The van der Waals surface area contributed by atoms with Crippen molar-refractivity contribution in [3.8, 4) is 0 Å². The van der Waals surface area contributed by atoms with E-state index < -0.39 is 0 Å². The van der Waals surface area contributed by atoms with Gasteiger partial charge < -0.3 is 0 Å². The van der Waals surface area contributed by atoms with Crippen LogP contribution in [0.2, 0.25) is 0 Å². The van der Waals surface area contributed by atoms with E-state index in [0.29, 0.717) is 5.41 Å². The number of thiophene rings is 1. The van der Waals surface area contributed by atoms with Crippen LogP contribution in [0.3, 0.4) is 0 Å². The molecule has 2 aromatic heterocycles. The van der Waals surface area contributed by atoms with Crippen LogP contribution >= 0.6 is 11.3 Å². The Morgan fingerprint density at radius 2 is 1.84 bits per heavy atom. The summed E-state index contributed by atoms with van der Waals surface area (Å²) in [7, 11) is 4.53. The van der Waals surface area contributed by atoms with Crippen LogP contribution in [0.5, 0.6) is 0 Å². The Labute approximate surface area is 155 Å². The SMILES string of the molecule is CN(C)C1(c2cccs2)CCC2(CCN(Cc3ccncc3)C2)CC1. The van der Waals surface area contributed by atoms with Gasteiger partial charge in [0.05, 0.1) is 5.54 Å². The lowest BCUT2D eigenvalue weighted by Crippen LogP contribution is -2.47. The van der Waals surface area contributed by atoms with Gasteiger partial charge in [0.2, 0.25) is 0 Å². The van der Waals surface area contributed by atoms with Gasteiger partial charge in [0, 0.05) is 30.4 Å². The van der Waals surface area contributed by atoms with Crippen molar-refractivity contribution >= 4 is 11.3 Å². The summed E-state index contributed by atoms with van der Waals surface area (Å²) >= 11 is 1.93. The van der Waals surface area contributed by atoms with Gasteiger partial charge in [0.15, 0.2) is 0 Å². The molecule has 0 N–H and O–H groups in total. The Balaban J connectivity index is 1.43. The first kappa shape index (κ1) is 17.2. The van der Waals surface area contributed by atoms with Crippen LogP contribution in [0.4, 0.5) is 0 Å². The molecule has 4 rings (SSSR count). The van der Waals surface area contributed by atoms with Gasteiger partial charge in [0.1, 0.15) is 0 Å². The van der Waals surface area contributed by atoms with Crippen molar-refractivity contribution in [1.29, 1.82) is 0 Å². The van der Waals surface area contributed by atoms with E-state index >= 15 is 0 Å². The quantitative estimate of drug-likeness (QED) is 0.812. The highest BCUT2D eigenvalue weighted by Gasteiger charge is 2.47. The molecule has 0 amide bonds. The predicted molar refractivity (Wildman–Crippen MR) is 105 cm³/mol. The Morgan fingerprint density at radius 3 is 2.48 bits per heavy atom. The van der Waals surface area contributed by atoms with Gasteiger partial charge in [-0.1, -0.05) is 6.07 Å². The van der Waals surface area contributed by atoms with Gasteiger partial charge in [-0.2, -0.15) is 0 Å². The van der Waals surface area contributed by atoms with E-state index in [1.807, 2.05) is 23.7 Å². The largest absolute Gasteiger partial charge is 0.299 e. The lowest BCUT2D eigenvalue weighted by molar-refractivity contribution is 0.0404. The number of aromatic nitrogens is 1. The molecular formula is C21H29N3S. The third-order valence-electron chi connectivity index (χ3n) is 6.65. The molecule has 2 fully saturated rings. The standard InChI is InChI=1S/C21H29N3S/c1-23(2)21(19-4-3-15-25-19)9-7-20(8-10-21)11-14-24(17-20)16-18-5-12-22-13-6-18/h3-6,12-13,15H,7-11,14,16-17H2,1-2H3. The average Bonchev–Trinajstić information content (AvgIpc) is 3.28. The van der Waals surface area contributed by atoms with Crippen molar-refractivity contribution in [2.24, 2.45) is 5.41 Å². The lowest BCUT2D eigenvalue weighted by Gasteiger charge is -2.48. The molecule has 1 spiro atoms. The van der Waals surface area contributed by atoms with Gasteiger partial charge >= 0.3 is 0 Å². The summed E-state index contributed by atoms with van der Waals surface area (Å²) in [6.07, 6.45) is 10.5. The zero-order chi connectivity index (χ0) is 17.3. The summed E-state index contributed by atoms with van der Waals surface area (Å²) in [5.41, 5.74) is 2.20. The molecule has 0 aromatic carbocycles. The maximum Gasteiger partial charge on any atom is 0.0549 e. The first-order valence-electron chi connectivity index (χ1n) is 9.45. The zero-order valence-corrected chi connectivity index (χ0v) is 16.3. The molecule has 4 heteroatoms. The maximum absolute atomic E-state index is 4.14. The van der Waals surface area contributed by atoms with Crippen molar-refractivity contribution in [3.63, 3.8) is 0 Å². The normalized spacial score (nSPS) is 30.4. The Hall–Kier alpha value is -1.23. The fourth-order valence-corrected chi connectivity index (χ4v) is 6.04. The first-order valence-corrected chi connectivity index (χ1v) is 10.3. The summed E-state index contributed by atoms with van der Waals surface area (Å²) in [5.74, 6) is 0. The Morgan fingerprint density at radius 1 is 1.08 bits per heavy atom. The second-order valence-corrected chi connectivity index (χ2v) is 9.17. The van der Waals surface area contributed by atoms with E-state index in [9.17, 15) is 0 Å². The molecule has 25 heavy (non-hydrogen) atoms. The van der Waals surface area contributed by atoms with E-state index in [0.717, 1.165) is 6.54 Å². The molecule has 2 aromatic rings. The maximum atomic E-state index is 4.14. The number of likely N-dealkylation sites (tertiary alicyclic amines) is 1. The summed E-state index contributed by atoms with van der Waals surface area (Å²) in [4.78, 5) is 10.8. The van der Waals surface area contributed by atoms with Crippen molar-refractivity contribution in [2.75, 3.05) is 27.2 Å². The second kappa shape index (κ2) is 6.82. The van der Waals surface area contributed by atoms with Gasteiger partial charge in [-0.25, -0.2) is 0 Å². The predicted octanol–water partition coefficient (Wildman–Crippen LogP) is 4.37. The third kappa shape index (κ3) is 3.27. The van der Waals surface area contributed by atoms with Crippen LogP contribution in [-0.2, 0) is 12.1 Å². The lowest BCUT2D eigenvalue weighted by atomic mass is 9.66. The van der Waals surface area contributed by atoms with Gasteiger partial charge in [-0.15, -0.1) is 11.3 Å². The minimum absolute atomic E-state index is 0.262. The highest BCUT2D eigenvalue weighted by molar-refractivity contribution is 7.10. The van der Waals surface area contributed by atoms with E-state index in [2.05, 4.69) is 58.5 Å². The fraction of sp³-hybridized carbons (Fsp3) is 0.571. The summed E-state index contributed by atoms with van der Waals surface area (Å²) in [6, 6.07) is 8.86. The molecule has 0 unspecified atom stereocenters. The number of hydrogen-bond acceptors (Lipinski definition) is 4. The van der Waals surface area contributed by atoms with Crippen LogP contribution in [0, 0.1) is 5.41 Å². The van der Waals surface area contributed by atoms with E-state index in [-0.39, 0.29) is 5.54 Å². The van der Waals surface area contributed by atoms with Crippen LogP contribution in [0.1, 0.15) is 42.5 Å². The van der Waals surface area contributed by atoms with Crippen LogP contribution in [0.25, 0.3) is 0 Å². The number of hydrogen-bond donors (Lipinski definition) is 0. The molecule has 1 saturated heterocycles. The molecule has 134 valence electrons. The molecule has 3 nitrogen and oxygen atoms in total. The highest BCUT2D eigenvalue weighted by atomic mass is 32.1. The van der Waals surface area contributed by atoms with Crippen molar-refractivity contribution < 1.29 is 0 Å². The monoisotopic (exact) mass is 355 g/mol. The molecule has 0 bridgehead atoms.